The summed E-state index contributed by atoms with van der Waals surface area (Å²) in [6.07, 6.45) is 3.96. The van der Waals surface area contributed by atoms with Crippen LogP contribution in [0, 0.1) is 5.92 Å². The van der Waals surface area contributed by atoms with Gasteiger partial charge in [-0.2, -0.15) is 0 Å². The molecule has 1 aromatic rings. The van der Waals surface area contributed by atoms with Gasteiger partial charge in [-0.05, 0) is 40.8 Å². The Balaban J connectivity index is 2.00. The number of aromatic nitrogens is 1. The molecule has 0 amide bonds. The maximum absolute atomic E-state index is 6.14. The Hall–Kier alpha value is 0.01000. The summed E-state index contributed by atoms with van der Waals surface area (Å²) in [5, 5.41) is 1.05. The molecular weight excluding hydrogens is 311 g/mol. The fourth-order valence-electron chi connectivity index (χ4n) is 1.97. The summed E-state index contributed by atoms with van der Waals surface area (Å²) in [6, 6.07) is 1.87. The summed E-state index contributed by atoms with van der Waals surface area (Å²) < 4.78 is 0.902. The highest BCUT2D eigenvalue weighted by atomic mass is 79.9. The molecule has 88 valence electrons. The zero-order chi connectivity index (χ0) is 11.7. The summed E-state index contributed by atoms with van der Waals surface area (Å²) in [5.74, 6) is 1.51. The average Bonchev–Trinajstić information content (AvgIpc) is 2.15. The molecule has 0 spiro atoms. The first-order valence-corrected chi connectivity index (χ1v) is 6.83. The number of pyridine rings is 1. The van der Waals surface area contributed by atoms with Crippen LogP contribution in [0.2, 0.25) is 5.02 Å². The smallest absolute Gasteiger partial charge is 0.147 e. The van der Waals surface area contributed by atoms with E-state index in [0.717, 1.165) is 29.7 Å². The molecule has 16 heavy (non-hydrogen) atoms. The monoisotopic (exact) mass is 322 g/mol. The fraction of sp³-hybridized carbons (Fsp3) is 0.545. The van der Waals surface area contributed by atoms with E-state index in [0.29, 0.717) is 16.3 Å². The number of anilines is 1. The predicted molar refractivity (Wildman–Crippen MR) is 72.6 cm³/mol. The summed E-state index contributed by atoms with van der Waals surface area (Å²) in [4.78, 5) is 6.42. The van der Waals surface area contributed by atoms with Crippen molar-refractivity contribution in [1.29, 1.82) is 0 Å². The molecular formula is C11H13BrCl2N2. The maximum atomic E-state index is 6.14. The van der Waals surface area contributed by atoms with Crippen molar-refractivity contribution < 1.29 is 0 Å². The second-order valence-corrected chi connectivity index (χ2v) is 6.21. The van der Waals surface area contributed by atoms with E-state index < -0.39 is 0 Å². The van der Waals surface area contributed by atoms with Gasteiger partial charge in [-0.25, -0.2) is 4.98 Å². The first-order chi connectivity index (χ1) is 7.56. The van der Waals surface area contributed by atoms with Gasteiger partial charge < -0.3 is 4.90 Å². The third-order valence-corrected chi connectivity index (χ3v) is 3.93. The van der Waals surface area contributed by atoms with Crippen LogP contribution in [0.1, 0.15) is 12.8 Å². The van der Waals surface area contributed by atoms with E-state index in [-0.39, 0.29) is 0 Å². The fourth-order valence-corrected chi connectivity index (χ4v) is 3.24. The van der Waals surface area contributed by atoms with Crippen molar-refractivity contribution in [3.8, 4) is 0 Å². The van der Waals surface area contributed by atoms with Crippen LogP contribution in [0.15, 0.2) is 16.7 Å². The van der Waals surface area contributed by atoms with Crippen LogP contribution in [-0.2, 0) is 0 Å². The molecule has 0 aromatic carbocycles. The molecule has 1 saturated carbocycles. The van der Waals surface area contributed by atoms with Crippen LogP contribution >= 0.6 is 39.1 Å². The van der Waals surface area contributed by atoms with Gasteiger partial charge in [0.15, 0.2) is 0 Å². The van der Waals surface area contributed by atoms with E-state index in [9.17, 15) is 0 Å². The minimum Gasteiger partial charge on any atom is -0.358 e. The highest BCUT2D eigenvalue weighted by Gasteiger charge is 2.28. The highest BCUT2D eigenvalue weighted by molar-refractivity contribution is 9.10. The normalized spacial score (nSPS) is 24.0. The Morgan fingerprint density at radius 3 is 2.81 bits per heavy atom. The van der Waals surface area contributed by atoms with Crippen LogP contribution in [0.25, 0.3) is 0 Å². The molecule has 1 heterocycles. The molecule has 1 aromatic heterocycles. The minimum atomic E-state index is 0.367. The first kappa shape index (κ1) is 12.5. The molecule has 2 rings (SSSR count). The van der Waals surface area contributed by atoms with Gasteiger partial charge in [-0.3, -0.25) is 0 Å². The number of hydrogen-bond donors (Lipinski definition) is 0. The van der Waals surface area contributed by atoms with Gasteiger partial charge in [0.05, 0.1) is 5.02 Å². The van der Waals surface area contributed by atoms with E-state index in [2.05, 4.69) is 25.8 Å². The van der Waals surface area contributed by atoms with E-state index in [1.807, 2.05) is 13.1 Å². The molecule has 0 saturated heterocycles. The van der Waals surface area contributed by atoms with E-state index >= 15 is 0 Å². The molecule has 1 fully saturated rings. The Labute approximate surface area is 114 Å². The number of halogens is 3. The van der Waals surface area contributed by atoms with Gasteiger partial charge in [0, 0.05) is 29.6 Å². The van der Waals surface area contributed by atoms with E-state index in [1.165, 1.54) is 0 Å². The highest BCUT2D eigenvalue weighted by Crippen LogP contribution is 2.34. The van der Waals surface area contributed by atoms with Gasteiger partial charge in [0.2, 0.25) is 0 Å². The van der Waals surface area contributed by atoms with Crippen LogP contribution in [0.5, 0.6) is 0 Å². The van der Waals surface area contributed by atoms with Crippen molar-refractivity contribution in [3.63, 3.8) is 0 Å². The molecule has 0 N–H and O–H groups in total. The SMILES string of the molecule is CN(CC1CC(Cl)C1)c1ncc(Br)cc1Cl. The lowest BCUT2D eigenvalue weighted by Crippen LogP contribution is -2.35. The summed E-state index contributed by atoms with van der Waals surface area (Å²) in [5.41, 5.74) is 0. The topological polar surface area (TPSA) is 16.1 Å². The Morgan fingerprint density at radius 2 is 2.25 bits per heavy atom. The van der Waals surface area contributed by atoms with Crippen LogP contribution in [0.3, 0.4) is 0 Å². The molecule has 0 aliphatic heterocycles. The summed E-state index contributed by atoms with van der Waals surface area (Å²) >= 11 is 15.4. The molecule has 1 aliphatic carbocycles. The number of rotatable bonds is 3. The van der Waals surface area contributed by atoms with Crippen LogP contribution in [-0.4, -0.2) is 24.0 Å². The number of nitrogens with zero attached hydrogens (tertiary/aromatic N) is 2. The summed E-state index contributed by atoms with van der Waals surface area (Å²) in [7, 11) is 2.02. The van der Waals surface area contributed by atoms with Gasteiger partial charge in [-0.1, -0.05) is 11.6 Å². The minimum absolute atomic E-state index is 0.367. The van der Waals surface area contributed by atoms with Crippen molar-refractivity contribution in [1.82, 2.24) is 4.98 Å². The van der Waals surface area contributed by atoms with Gasteiger partial charge in [0.25, 0.3) is 0 Å². The lowest BCUT2D eigenvalue weighted by Gasteiger charge is -2.34. The number of alkyl halides is 1. The first-order valence-electron chi connectivity index (χ1n) is 5.22. The lowest BCUT2D eigenvalue weighted by molar-refractivity contribution is 0.328. The standard InChI is InChI=1S/C11H13BrCl2N2/c1-16(6-7-2-9(13)3-7)11-10(14)4-8(12)5-15-11/h4-5,7,9H,2-3,6H2,1H3. The van der Waals surface area contributed by atoms with E-state index in [1.54, 1.807) is 6.20 Å². The second kappa shape index (κ2) is 5.11. The zero-order valence-electron chi connectivity index (χ0n) is 8.96. The third kappa shape index (κ3) is 2.82. The Morgan fingerprint density at radius 1 is 1.56 bits per heavy atom. The van der Waals surface area contributed by atoms with Crippen molar-refractivity contribution in [2.45, 2.75) is 18.2 Å². The predicted octanol–water partition coefficient (Wildman–Crippen LogP) is 3.95. The number of hydrogen-bond acceptors (Lipinski definition) is 2. The maximum Gasteiger partial charge on any atom is 0.147 e. The van der Waals surface area contributed by atoms with Crippen LogP contribution in [0.4, 0.5) is 5.82 Å². The largest absolute Gasteiger partial charge is 0.358 e. The molecule has 0 radical (unpaired) electrons. The van der Waals surface area contributed by atoms with Crippen molar-refractivity contribution in [2.75, 3.05) is 18.5 Å². The van der Waals surface area contributed by atoms with Gasteiger partial charge >= 0.3 is 0 Å². The van der Waals surface area contributed by atoms with Crippen molar-refractivity contribution >= 4 is 44.9 Å². The quantitative estimate of drug-likeness (QED) is 0.783. The Kier molecular flexibility index (Phi) is 3.98. The third-order valence-electron chi connectivity index (χ3n) is 2.86. The van der Waals surface area contributed by atoms with E-state index in [4.69, 9.17) is 23.2 Å². The molecule has 5 heteroatoms. The van der Waals surface area contributed by atoms with Gasteiger partial charge in [-0.15, -0.1) is 11.6 Å². The molecule has 1 aliphatic rings. The lowest BCUT2D eigenvalue weighted by atomic mass is 9.84. The average molecular weight is 324 g/mol. The van der Waals surface area contributed by atoms with Gasteiger partial charge in [0.1, 0.15) is 5.82 Å². The molecule has 0 bridgehead atoms. The molecule has 2 nitrogen and oxygen atoms in total. The molecule has 0 unspecified atom stereocenters. The van der Waals surface area contributed by atoms with Crippen LogP contribution < -0.4 is 4.90 Å². The summed E-state index contributed by atoms with van der Waals surface area (Å²) in [6.45, 7) is 0.970. The Bertz CT molecular complexity index is 380. The van der Waals surface area contributed by atoms with Crippen molar-refractivity contribution in [2.24, 2.45) is 5.92 Å². The van der Waals surface area contributed by atoms with Crippen molar-refractivity contribution in [3.05, 3.63) is 21.8 Å². The zero-order valence-corrected chi connectivity index (χ0v) is 12.1. The second-order valence-electron chi connectivity index (χ2n) is 4.27. The molecule has 0 atom stereocenters.